The van der Waals surface area contributed by atoms with E-state index >= 15 is 0 Å². The molecular weight excluding hydrogens is 408 g/mol. The maximum atomic E-state index is 14.2. The third kappa shape index (κ3) is 3.86. The van der Waals surface area contributed by atoms with Crippen molar-refractivity contribution in [2.45, 2.75) is 12.5 Å². The Morgan fingerprint density at radius 3 is 2.66 bits per heavy atom. The molecule has 1 fully saturated rings. The third-order valence-corrected chi connectivity index (χ3v) is 4.71. The highest BCUT2D eigenvalue weighted by molar-refractivity contribution is 6.31. The minimum absolute atomic E-state index is 0.246. The second kappa shape index (κ2) is 7.67. The number of hydrogen-bond donors (Lipinski definition) is 2. The van der Waals surface area contributed by atoms with Gasteiger partial charge in [0, 0.05) is 10.6 Å². The standard InChI is InChI=1S/C19H16ClF2N3O4/c1-19(12-8-11(21)4-5-13(12)22)17(27)25(18(28)24-19)9-16(26)23-14-7-10(20)3-6-15(14)29-2/h3-8H,9H2,1-2H3,(H,23,26)(H,24,28). The summed E-state index contributed by atoms with van der Waals surface area (Å²) in [6.45, 7) is 0.593. The summed E-state index contributed by atoms with van der Waals surface area (Å²) in [7, 11) is 1.40. The van der Waals surface area contributed by atoms with E-state index in [2.05, 4.69) is 10.6 Å². The second-order valence-electron chi connectivity index (χ2n) is 6.46. The predicted molar refractivity (Wildman–Crippen MR) is 101 cm³/mol. The van der Waals surface area contributed by atoms with Crippen LogP contribution in [0.3, 0.4) is 0 Å². The first-order chi connectivity index (χ1) is 13.7. The van der Waals surface area contributed by atoms with Crippen LogP contribution in [0.4, 0.5) is 19.3 Å². The highest BCUT2D eigenvalue weighted by Gasteiger charge is 2.50. The molecule has 1 heterocycles. The van der Waals surface area contributed by atoms with Crippen LogP contribution in [0.2, 0.25) is 5.02 Å². The fraction of sp³-hybridized carbons (Fsp3) is 0.211. The zero-order valence-electron chi connectivity index (χ0n) is 15.4. The Kier molecular flexibility index (Phi) is 5.43. The van der Waals surface area contributed by atoms with E-state index < -0.39 is 41.6 Å². The van der Waals surface area contributed by atoms with E-state index in [1.54, 1.807) is 6.07 Å². The topological polar surface area (TPSA) is 87.7 Å². The van der Waals surface area contributed by atoms with E-state index in [-0.39, 0.29) is 11.3 Å². The minimum atomic E-state index is -1.85. The number of hydrogen-bond acceptors (Lipinski definition) is 4. The van der Waals surface area contributed by atoms with E-state index in [0.717, 1.165) is 18.2 Å². The van der Waals surface area contributed by atoms with Crippen LogP contribution in [0.25, 0.3) is 0 Å². The molecule has 0 aromatic heterocycles. The number of nitrogens with one attached hydrogen (secondary N) is 2. The Labute approximate surface area is 169 Å². The number of methoxy groups -OCH3 is 1. The van der Waals surface area contributed by atoms with Gasteiger partial charge in [0.15, 0.2) is 0 Å². The molecule has 0 bridgehead atoms. The van der Waals surface area contributed by atoms with E-state index in [9.17, 15) is 23.2 Å². The lowest BCUT2D eigenvalue weighted by molar-refractivity contribution is -0.133. The van der Waals surface area contributed by atoms with Crippen LogP contribution in [0.1, 0.15) is 12.5 Å². The number of carbonyl (C=O) groups excluding carboxylic acids is 3. The molecule has 2 aromatic carbocycles. The van der Waals surface area contributed by atoms with Crippen LogP contribution in [-0.2, 0) is 15.1 Å². The lowest BCUT2D eigenvalue weighted by atomic mass is 9.91. The van der Waals surface area contributed by atoms with Crippen molar-refractivity contribution in [3.8, 4) is 5.75 Å². The molecular formula is C19H16ClF2N3O4. The van der Waals surface area contributed by atoms with Crippen LogP contribution in [0.5, 0.6) is 5.75 Å². The summed E-state index contributed by atoms with van der Waals surface area (Å²) in [5.74, 6) is -2.91. The summed E-state index contributed by atoms with van der Waals surface area (Å²) in [5, 5.41) is 5.16. The van der Waals surface area contributed by atoms with Crippen molar-refractivity contribution in [1.82, 2.24) is 10.2 Å². The van der Waals surface area contributed by atoms with Gasteiger partial charge in [-0.05, 0) is 43.3 Å². The molecule has 1 atom stereocenters. The molecule has 10 heteroatoms. The Bertz CT molecular complexity index is 1020. The molecule has 1 aliphatic rings. The largest absolute Gasteiger partial charge is 0.495 e. The van der Waals surface area contributed by atoms with Crippen LogP contribution < -0.4 is 15.4 Å². The number of rotatable bonds is 5. The molecule has 152 valence electrons. The molecule has 4 amide bonds. The molecule has 1 unspecified atom stereocenters. The maximum absolute atomic E-state index is 14.2. The Balaban J connectivity index is 1.81. The van der Waals surface area contributed by atoms with Gasteiger partial charge in [-0.2, -0.15) is 0 Å². The van der Waals surface area contributed by atoms with Gasteiger partial charge in [-0.25, -0.2) is 13.6 Å². The third-order valence-electron chi connectivity index (χ3n) is 4.48. The molecule has 0 radical (unpaired) electrons. The SMILES string of the molecule is COc1ccc(Cl)cc1NC(=O)CN1C(=O)NC(C)(c2cc(F)ccc2F)C1=O. The lowest BCUT2D eigenvalue weighted by Crippen LogP contribution is -2.42. The van der Waals surface area contributed by atoms with Gasteiger partial charge in [-0.15, -0.1) is 0 Å². The number of ether oxygens (including phenoxy) is 1. The fourth-order valence-electron chi connectivity index (χ4n) is 3.01. The van der Waals surface area contributed by atoms with Gasteiger partial charge in [-0.3, -0.25) is 14.5 Å². The van der Waals surface area contributed by atoms with Crippen molar-refractivity contribution in [3.63, 3.8) is 0 Å². The molecule has 1 saturated heterocycles. The van der Waals surface area contributed by atoms with Crippen molar-refractivity contribution in [3.05, 3.63) is 58.6 Å². The monoisotopic (exact) mass is 423 g/mol. The average molecular weight is 424 g/mol. The summed E-state index contributed by atoms with van der Waals surface area (Å²) in [6, 6.07) is 6.21. The van der Waals surface area contributed by atoms with Crippen molar-refractivity contribution < 1.29 is 27.9 Å². The van der Waals surface area contributed by atoms with Gasteiger partial charge in [0.05, 0.1) is 12.8 Å². The fourth-order valence-corrected chi connectivity index (χ4v) is 3.19. The van der Waals surface area contributed by atoms with E-state index in [1.807, 2.05) is 0 Å². The number of carbonyl (C=O) groups is 3. The first-order valence-corrected chi connectivity index (χ1v) is 8.76. The van der Waals surface area contributed by atoms with E-state index in [4.69, 9.17) is 16.3 Å². The van der Waals surface area contributed by atoms with E-state index in [0.29, 0.717) is 15.7 Å². The van der Waals surface area contributed by atoms with Crippen LogP contribution >= 0.6 is 11.6 Å². The maximum Gasteiger partial charge on any atom is 0.325 e. The number of anilines is 1. The summed E-state index contributed by atoms with van der Waals surface area (Å²) in [5.41, 5.74) is -1.94. The van der Waals surface area contributed by atoms with Crippen molar-refractivity contribution in [2.24, 2.45) is 0 Å². The number of imide groups is 1. The summed E-state index contributed by atoms with van der Waals surface area (Å²) < 4.78 is 32.8. The summed E-state index contributed by atoms with van der Waals surface area (Å²) >= 11 is 5.91. The molecule has 1 aliphatic heterocycles. The zero-order valence-corrected chi connectivity index (χ0v) is 16.1. The first-order valence-electron chi connectivity index (χ1n) is 8.38. The molecule has 2 N–H and O–H groups in total. The number of benzene rings is 2. The van der Waals surface area contributed by atoms with Crippen molar-refractivity contribution in [2.75, 3.05) is 19.0 Å². The van der Waals surface area contributed by atoms with Gasteiger partial charge in [-0.1, -0.05) is 11.6 Å². The summed E-state index contributed by atoms with van der Waals surface area (Å²) in [4.78, 5) is 38.1. The molecule has 0 saturated carbocycles. The zero-order chi connectivity index (χ0) is 21.3. The molecule has 7 nitrogen and oxygen atoms in total. The van der Waals surface area contributed by atoms with Crippen LogP contribution in [0, 0.1) is 11.6 Å². The van der Waals surface area contributed by atoms with Gasteiger partial charge in [0.25, 0.3) is 5.91 Å². The lowest BCUT2D eigenvalue weighted by Gasteiger charge is -2.22. The summed E-state index contributed by atoms with van der Waals surface area (Å²) in [6.07, 6.45) is 0. The van der Waals surface area contributed by atoms with Gasteiger partial charge >= 0.3 is 6.03 Å². The van der Waals surface area contributed by atoms with Crippen LogP contribution in [-0.4, -0.2) is 36.4 Å². The first kappa shape index (κ1) is 20.5. The number of amides is 4. The average Bonchev–Trinajstić information content (AvgIpc) is 2.88. The van der Waals surface area contributed by atoms with E-state index in [1.165, 1.54) is 26.2 Å². The Morgan fingerprint density at radius 1 is 1.24 bits per heavy atom. The molecule has 3 rings (SSSR count). The molecule has 2 aromatic rings. The second-order valence-corrected chi connectivity index (χ2v) is 6.90. The Hall–Kier alpha value is -3.20. The predicted octanol–water partition coefficient (Wildman–Crippen LogP) is 3.03. The minimum Gasteiger partial charge on any atom is -0.495 e. The Morgan fingerprint density at radius 2 is 1.97 bits per heavy atom. The highest BCUT2D eigenvalue weighted by Crippen LogP contribution is 2.32. The highest BCUT2D eigenvalue weighted by atomic mass is 35.5. The molecule has 29 heavy (non-hydrogen) atoms. The quantitative estimate of drug-likeness (QED) is 0.724. The van der Waals surface area contributed by atoms with Crippen molar-refractivity contribution in [1.29, 1.82) is 0 Å². The number of halogens is 3. The van der Waals surface area contributed by atoms with Crippen molar-refractivity contribution >= 4 is 35.1 Å². The molecule has 0 aliphatic carbocycles. The van der Waals surface area contributed by atoms with Crippen LogP contribution in [0.15, 0.2) is 36.4 Å². The normalized spacial score (nSPS) is 18.6. The van der Waals surface area contributed by atoms with Gasteiger partial charge < -0.3 is 15.4 Å². The van der Waals surface area contributed by atoms with Gasteiger partial charge in [0.1, 0.15) is 29.5 Å². The number of nitrogens with zero attached hydrogens (tertiary/aromatic N) is 1. The van der Waals surface area contributed by atoms with Gasteiger partial charge in [0.2, 0.25) is 5.91 Å². The smallest absolute Gasteiger partial charge is 0.325 e. The number of urea groups is 1. The molecule has 0 spiro atoms.